The van der Waals surface area contributed by atoms with E-state index >= 15 is 0 Å². The van der Waals surface area contributed by atoms with Crippen molar-refractivity contribution >= 4 is 5.97 Å². The average molecular weight is 222 g/mol. The van der Waals surface area contributed by atoms with Crippen molar-refractivity contribution in [2.45, 2.75) is 39.2 Å². The van der Waals surface area contributed by atoms with Crippen molar-refractivity contribution in [3.63, 3.8) is 0 Å². The van der Waals surface area contributed by atoms with Gasteiger partial charge in [-0.25, -0.2) is 0 Å². The van der Waals surface area contributed by atoms with Gasteiger partial charge in [-0.15, -0.1) is 0 Å². The van der Waals surface area contributed by atoms with E-state index in [-0.39, 0.29) is 12.5 Å². The molecular weight excluding hydrogens is 204 g/mol. The summed E-state index contributed by atoms with van der Waals surface area (Å²) < 4.78 is 5.60. The Hall–Kier alpha value is -1.51. The van der Waals surface area contributed by atoms with E-state index in [2.05, 4.69) is 6.92 Å². The van der Waals surface area contributed by atoms with Gasteiger partial charge >= 0.3 is 5.97 Å². The van der Waals surface area contributed by atoms with Crippen molar-refractivity contribution < 1.29 is 14.6 Å². The molecular formula is C13H18O3. The molecule has 0 bridgehead atoms. The quantitative estimate of drug-likeness (QED) is 0.805. The lowest BCUT2D eigenvalue weighted by molar-refractivity contribution is -0.137. The zero-order valence-electron chi connectivity index (χ0n) is 9.77. The van der Waals surface area contributed by atoms with Gasteiger partial charge in [-0.05, 0) is 37.5 Å². The van der Waals surface area contributed by atoms with Crippen molar-refractivity contribution in [1.82, 2.24) is 0 Å². The van der Waals surface area contributed by atoms with E-state index in [0.717, 1.165) is 12.2 Å². The van der Waals surface area contributed by atoms with Crippen molar-refractivity contribution in [2.75, 3.05) is 0 Å². The monoisotopic (exact) mass is 222 g/mol. The molecule has 1 aromatic rings. The number of aliphatic carboxylic acids is 1. The molecule has 0 radical (unpaired) electrons. The van der Waals surface area contributed by atoms with Gasteiger partial charge in [0.2, 0.25) is 0 Å². The molecule has 0 aliphatic carbocycles. The molecule has 0 heterocycles. The Bertz CT molecular complexity index is 330. The molecule has 1 N–H and O–H groups in total. The Morgan fingerprint density at radius 3 is 2.50 bits per heavy atom. The number of benzene rings is 1. The van der Waals surface area contributed by atoms with Crippen LogP contribution in [-0.4, -0.2) is 17.2 Å². The van der Waals surface area contributed by atoms with E-state index in [1.54, 1.807) is 0 Å². The topological polar surface area (TPSA) is 46.5 Å². The molecule has 0 spiro atoms. The van der Waals surface area contributed by atoms with Crippen molar-refractivity contribution in [3.8, 4) is 5.75 Å². The summed E-state index contributed by atoms with van der Waals surface area (Å²) in [4.78, 5) is 10.4. The lowest BCUT2D eigenvalue weighted by Gasteiger charge is -2.13. The van der Waals surface area contributed by atoms with Crippen LogP contribution in [0.15, 0.2) is 24.3 Å². The van der Waals surface area contributed by atoms with Crippen LogP contribution in [0.2, 0.25) is 0 Å². The first-order chi connectivity index (χ1) is 7.61. The maximum atomic E-state index is 10.4. The molecule has 0 aliphatic rings. The normalized spacial score (nSPS) is 12.1. The van der Waals surface area contributed by atoms with Crippen molar-refractivity contribution in [3.05, 3.63) is 29.8 Å². The fourth-order valence-electron chi connectivity index (χ4n) is 1.42. The Balaban J connectivity index is 2.43. The van der Waals surface area contributed by atoms with E-state index < -0.39 is 5.97 Å². The molecule has 0 fully saturated rings. The number of hydrogen-bond donors (Lipinski definition) is 1. The summed E-state index contributed by atoms with van der Waals surface area (Å²) in [7, 11) is 0. The third kappa shape index (κ3) is 4.34. The smallest absolute Gasteiger partial charge is 0.303 e. The number of carboxylic acid groups (broad SMARTS) is 1. The maximum absolute atomic E-state index is 10.4. The minimum atomic E-state index is -0.781. The zero-order chi connectivity index (χ0) is 12.0. The van der Waals surface area contributed by atoms with Gasteiger partial charge in [0.15, 0.2) is 0 Å². The summed E-state index contributed by atoms with van der Waals surface area (Å²) in [6, 6.07) is 7.91. The van der Waals surface area contributed by atoms with E-state index in [0.29, 0.717) is 6.42 Å². The highest BCUT2D eigenvalue weighted by Gasteiger charge is 2.06. The summed E-state index contributed by atoms with van der Waals surface area (Å²) in [5, 5.41) is 8.54. The number of rotatable bonds is 6. The average Bonchev–Trinajstić information content (AvgIpc) is 2.27. The zero-order valence-corrected chi connectivity index (χ0v) is 9.77. The van der Waals surface area contributed by atoms with E-state index in [9.17, 15) is 4.79 Å². The third-order valence-corrected chi connectivity index (χ3v) is 2.43. The van der Waals surface area contributed by atoms with Crippen molar-refractivity contribution in [1.29, 1.82) is 0 Å². The molecule has 88 valence electrons. The predicted molar refractivity (Wildman–Crippen MR) is 62.8 cm³/mol. The van der Waals surface area contributed by atoms with Crippen LogP contribution >= 0.6 is 0 Å². The third-order valence-electron chi connectivity index (χ3n) is 2.43. The summed E-state index contributed by atoms with van der Waals surface area (Å²) >= 11 is 0. The van der Waals surface area contributed by atoms with Gasteiger partial charge in [-0.1, -0.05) is 19.1 Å². The Morgan fingerprint density at radius 1 is 1.38 bits per heavy atom. The SMILES string of the molecule is CCc1ccc(OC(C)CCC(=O)O)cc1. The second-order valence-electron chi connectivity index (χ2n) is 3.86. The molecule has 3 nitrogen and oxygen atoms in total. The largest absolute Gasteiger partial charge is 0.491 e. The summed E-state index contributed by atoms with van der Waals surface area (Å²) in [6.07, 6.45) is 1.62. The molecule has 16 heavy (non-hydrogen) atoms. The van der Waals surface area contributed by atoms with Gasteiger partial charge in [0.1, 0.15) is 5.75 Å². The fourth-order valence-corrected chi connectivity index (χ4v) is 1.42. The minimum absolute atomic E-state index is 0.0661. The number of carbonyl (C=O) groups is 1. The molecule has 0 saturated carbocycles. The summed E-state index contributed by atoms with van der Waals surface area (Å²) in [5.41, 5.74) is 1.27. The Kier molecular flexibility index (Phi) is 4.83. The van der Waals surface area contributed by atoms with Gasteiger partial charge in [-0.2, -0.15) is 0 Å². The van der Waals surface area contributed by atoms with E-state index in [4.69, 9.17) is 9.84 Å². The van der Waals surface area contributed by atoms with E-state index in [1.165, 1.54) is 5.56 Å². The molecule has 1 aromatic carbocycles. The highest BCUT2D eigenvalue weighted by molar-refractivity contribution is 5.66. The fraction of sp³-hybridized carbons (Fsp3) is 0.462. The lowest BCUT2D eigenvalue weighted by atomic mass is 10.1. The molecule has 0 aromatic heterocycles. The van der Waals surface area contributed by atoms with Crippen LogP contribution in [0.3, 0.4) is 0 Å². The minimum Gasteiger partial charge on any atom is -0.491 e. The van der Waals surface area contributed by atoms with Gasteiger partial charge < -0.3 is 9.84 Å². The molecule has 1 atom stereocenters. The molecule has 1 rings (SSSR count). The summed E-state index contributed by atoms with van der Waals surface area (Å²) in [5.74, 6) is 0.0202. The van der Waals surface area contributed by atoms with Crippen LogP contribution in [0, 0.1) is 0 Å². The molecule has 1 unspecified atom stereocenters. The summed E-state index contributed by atoms with van der Waals surface area (Å²) in [6.45, 7) is 3.99. The highest BCUT2D eigenvalue weighted by Crippen LogP contribution is 2.15. The van der Waals surface area contributed by atoms with Crippen molar-refractivity contribution in [2.24, 2.45) is 0 Å². The lowest BCUT2D eigenvalue weighted by Crippen LogP contribution is -2.13. The standard InChI is InChI=1S/C13H18O3/c1-3-11-5-7-12(8-6-11)16-10(2)4-9-13(14)15/h5-8,10H,3-4,9H2,1-2H3,(H,14,15). The molecule has 0 amide bonds. The second kappa shape index (κ2) is 6.16. The molecule has 3 heteroatoms. The van der Waals surface area contributed by atoms with Crippen LogP contribution in [0.25, 0.3) is 0 Å². The van der Waals surface area contributed by atoms with Gasteiger partial charge in [-0.3, -0.25) is 4.79 Å². The van der Waals surface area contributed by atoms with Crippen LogP contribution in [-0.2, 0) is 11.2 Å². The Labute approximate surface area is 96.1 Å². The van der Waals surface area contributed by atoms with Crippen LogP contribution < -0.4 is 4.74 Å². The second-order valence-corrected chi connectivity index (χ2v) is 3.86. The molecule has 0 aliphatic heterocycles. The van der Waals surface area contributed by atoms with Gasteiger partial charge in [0.25, 0.3) is 0 Å². The first kappa shape index (κ1) is 12.6. The maximum Gasteiger partial charge on any atom is 0.303 e. The number of aryl methyl sites for hydroxylation is 1. The highest BCUT2D eigenvalue weighted by atomic mass is 16.5. The molecule has 0 saturated heterocycles. The number of ether oxygens (including phenoxy) is 1. The predicted octanol–water partition coefficient (Wildman–Crippen LogP) is 2.88. The van der Waals surface area contributed by atoms with Crippen LogP contribution in [0.4, 0.5) is 0 Å². The van der Waals surface area contributed by atoms with E-state index in [1.807, 2.05) is 31.2 Å². The number of carboxylic acids is 1. The Morgan fingerprint density at radius 2 is 2.00 bits per heavy atom. The number of hydrogen-bond acceptors (Lipinski definition) is 2. The van der Waals surface area contributed by atoms with Gasteiger partial charge in [0.05, 0.1) is 6.10 Å². The van der Waals surface area contributed by atoms with Crippen LogP contribution in [0.1, 0.15) is 32.3 Å². The van der Waals surface area contributed by atoms with Gasteiger partial charge in [0, 0.05) is 6.42 Å². The first-order valence-corrected chi connectivity index (χ1v) is 5.59. The first-order valence-electron chi connectivity index (χ1n) is 5.59. The van der Waals surface area contributed by atoms with Crippen LogP contribution in [0.5, 0.6) is 5.75 Å².